The Morgan fingerprint density at radius 2 is 1.80 bits per heavy atom. The van der Waals surface area contributed by atoms with Crippen LogP contribution in [0.3, 0.4) is 0 Å². The minimum atomic E-state index is -0.0567. The summed E-state index contributed by atoms with van der Waals surface area (Å²) in [4.78, 5) is 11.2. The maximum absolute atomic E-state index is 11.2. The fourth-order valence-electron chi connectivity index (χ4n) is 3.04. The van der Waals surface area contributed by atoms with E-state index in [0.717, 1.165) is 25.2 Å². The van der Waals surface area contributed by atoms with E-state index < -0.39 is 0 Å². The second kappa shape index (κ2) is 3.50. The van der Waals surface area contributed by atoms with E-state index in [1.54, 1.807) is 0 Å². The Bertz CT molecular complexity index is 254. The Morgan fingerprint density at radius 3 is 2.20 bits per heavy atom. The van der Waals surface area contributed by atoms with Gasteiger partial charge in [-0.3, -0.25) is 4.79 Å². The number of ether oxygens (including phenoxy) is 1. The molecule has 0 amide bonds. The standard InChI is InChI=1S/C13H22O2/c1-12(2,3)10-4-7-13(8-5-10)9-6-11(14)15-13/h10H,4-9H2,1-3H3. The predicted molar refractivity (Wildman–Crippen MR) is 59.5 cm³/mol. The normalized spacial score (nSPS) is 37.0. The van der Waals surface area contributed by atoms with Gasteiger partial charge in [0, 0.05) is 6.42 Å². The second-order valence-electron chi connectivity index (χ2n) is 6.30. The van der Waals surface area contributed by atoms with Gasteiger partial charge in [-0.05, 0) is 43.4 Å². The van der Waals surface area contributed by atoms with Crippen LogP contribution in [0.2, 0.25) is 0 Å². The first-order valence-corrected chi connectivity index (χ1v) is 6.13. The summed E-state index contributed by atoms with van der Waals surface area (Å²) >= 11 is 0. The highest BCUT2D eigenvalue weighted by atomic mass is 16.6. The Morgan fingerprint density at radius 1 is 1.20 bits per heavy atom. The van der Waals surface area contributed by atoms with Gasteiger partial charge in [-0.1, -0.05) is 20.8 Å². The van der Waals surface area contributed by atoms with Crippen molar-refractivity contribution in [2.24, 2.45) is 11.3 Å². The number of carbonyl (C=O) groups excluding carboxylic acids is 1. The highest BCUT2D eigenvalue weighted by Crippen LogP contribution is 2.46. The quantitative estimate of drug-likeness (QED) is 0.573. The van der Waals surface area contributed by atoms with Crippen molar-refractivity contribution in [2.45, 2.75) is 64.9 Å². The van der Waals surface area contributed by atoms with Crippen LogP contribution in [-0.2, 0) is 9.53 Å². The topological polar surface area (TPSA) is 26.3 Å². The molecule has 0 aromatic heterocycles. The van der Waals surface area contributed by atoms with Crippen molar-refractivity contribution in [1.29, 1.82) is 0 Å². The molecule has 2 nitrogen and oxygen atoms in total. The van der Waals surface area contributed by atoms with Crippen LogP contribution in [0.5, 0.6) is 0 Å². The number of esters is 1. The molecule has 0 aromatic rings. The first kappa shape index (κ1) is 11.0. The Labute approximate surface area is 92.4 Å². The van der Waals surface area contributed by atoms with Crippen LogP contribution in [0.15, 0.2) is 0 Å². The van der Waals surface area contributed by atoms with Gasteiger partial charge in [0.1, 0.15) is 5.60 Å². The van der Waals surface area contributed by atoms with E-state index in [4.69, 9.17) is 4.74 Å². The summed E-state index contributed by atoms with van der Waals surface area (Å²) in [5, 5.41) is 0. The van der Waals surface area contributed by atoms with Crippen LogP contribution >= 0.6 is 0 Å². The van der Waals surface area contributed by atoms with Crippen molar-refractivity contribution in [3.8, 4) is 0 Å². The first-order chi connectivity index (χ1) is 6.91. The molecule has 1 aliphatic heterocycles. The highest BCUT2D eigenvalue weighted by molar-refractivity contribution is 5.72. The minimum absolute atomic E-state index is 0.0178. The zero-order valence-electron chi connectivity index (χ0n) is 10.1. The molecule has 1 aliphatic carbocycles. The largest absolute Gasteiger partial charge is 0.459 e. The smallest absolute Gasteiger partial charge is 0.306 e. The zero-order chi connectivity index (χ0) is 11.1. The molecule has 0 unspecified atom stereocenters. The van der Waals surface area contributed by atoms with Gasteiger partial charge >= 0.3 is 5.97 Å². The van der Waals surface area contributed by atoms with Crippen molar-refractivity contribution in [1.82, 2.24) is 0 Å². The van der Waals surface area contributed by atoms with Gasteiger partial charge in [0.25, 0.3) is 0 Å². The van der Waals surface area contributed by atoms with Crippen molar-refractivity contribution >= 4 is 5.97 Å². The van der Waals surface area contributed by atoms with Crippen LogP contribution in [0.1, 0.15) is 59.3 Å². The third kappa shape index (κ3) is 2.19. The van der Waals surface area contributed by atoms with E-state index in [1.807, 2.05) is 0 Å². The Balaban J connectivity index is 1.95. The summed E-state index contributed by atoms with van der Waals surface area (Å²) in [6.07, 6.45) is 6.21. The number of carbonyl (C=O) groups is 1. The summed E-state index contributed by atoms with van der Waals surface area (Å²) in [5.41, 5.74) is 0.350. The van der Waals surface area contributed by atoms with E-state index in [-0.39, 0.29) is 11.6 Å². The molecule has 1 heterocycles. The molecule has 2 aliphatic rings. The van der Waals surface area contributed by atoms with Crippen molar-refractivity contribution in [3.05, 3.63) is 0 Å². The Hall–Kier alpha value is -0.530. The fraction of sp³-hybridized carbons (Fsp3) is 0.923. The van der Waals surface area contributed by atoms with Gasteiger partial charge in [-0.15, -0.1) is 0 Å². The summed E-state index contributed by atoms with van der Waals surface area (Å²) in [6, 6.07) is 0. The van der Waals surface area contributed by atoms with Gasteiger partial charge in [0.2, 0.25) is 0 Å². The second-order valence-corrected chi connectivity index (χ2v) is 6.30. The zero-order valence-corrected chi connectivity index (χ0v) is 10.1. The van der Waals surface area contributed by atoms with E-state index in [0.29, 0.717) is 11.8 Å². The summed E-state index contributed by atoms with van der Waals surface area (Å²) < 4.78 is 5.51. The molecule has 0 N–H and O–H groups in total. The molecule has 15 heavy (non-hydrogen) atoms. The molecular weight excluding hydrogens is 188 g/mol. The molecule has 2 rings (SSSR count). The molecule has 0 atom stereocenters. The number of rotatable bonds is 0. The van der Waals surface area contributed by atoms with Crippen molar-refractivity contribution in [2.75, 3.05) is 0 Å². The van der Waals surface area contributed by atoms with E-state index in [1.165, 1.54) is 12.8 Å². The average Bonchev–Trinajstić information content (AvgIpc) is 2.47. The van der Waals surface area contributed by atoms with Crippen molar-refractivity contribution < 1.29 is 9.53 Å². The third-order valence-electron chi connectivity index (χ3n) is 4.24. The third-order valence-corrected chi connectivity index (χ3v) is 4.24. The first-order valence-electron chi connectivity index (χ1n) is 6.13. The van der Waals surface area contributed by atoms with Crippen LogP contribution in [0, 0.1) is 11.3 Å². The van der Waals surface area contributed by atoms with E-state index in [9.17, 15) is 4.79 Å². The molecule has 1 saturated heterocycles. The highest BCUT2D eigenvalue weighted by Gasteiger charge is 2.44. The lowest BCUT2D eigenvalue weighted by atomic mass is 9.68. The molecule has 1 spiro atoms. The van der Waals surface area contributed by atoms with E-state index in [2.05, 4.69) is 20.8 Å². The molecule has 0 bridgehead atoms. The average molecular weight is 210 g/mol. The molecule has 1 saturated carbocycles. The molecule has 0 radical (unpaired) electrons. The minimum Gasteiger partial charge on any atom is -0.459 e. The maximum Gasteiger partial charge on any atom is 0.306 e. The monoisotopic (exact) mass is 210 g/mol. The van der Waals surface area contributed by atoms with Gasteiger partial charge in [0.05, 0.1) is 0 Å². The molecule has 0 aromatic carbocycles. The molecular formula is C13H22O2. The van der Waals surface area contributed by atoms with Crippen LogP contribution < -0.4 is 0 Å². The fourth-order valence-corrected chi connectivity index (χ4v) is 3.04. The molecule has 2 fully saturated rings. The van der Waals surface area contributed by atoms with Crippen LogP contribution in [-0.4, -0.2) is 11.6 Å². The lowest BCUT2D eigenvalue weighted by molar-refractivity contribution is -0.152. The van der Waals surface area contributed by atoms with E-state index >= 15 is 0 Å². The molecule has 86 valence electrons. The van der Waals surface area contributed by atoms with Gasteiger partial charge < -0.3 is 4.74 Å². The maximum atomic E-state index is 11.2. The molecule has 2 heteroatoms. The van der Waals surface area contributed by atoms with Crippen molar-refractivity contribution in [3.63, 3.8) is 0 Å². The van der Waals surface area contributed by atoms with Gasteiger partial charge in [0.15, 0.2) is 0 Å². The van der Waals surface area contributed by atoms with Crippen LogP contribution in [0.4, 0.5) is 0 Å². The lowest BCUT2D eigenvalue weighted by Gasteiger charge is -2.41. The summed E-state index contributed by atoms with van der Waals surface area (Å²) in [5.74, 6) is 0.812. The summed E-state index contributed by atoms with van der Waals surface area (Å²) in [6.45, 7) is 6.95. The number of hydrogen-bond acceptors (Lipinski definition) is 2. The van der Waals surface area contributed by atoms with Crippen LogP contribution in [0.25, 0.3) is 0 Å². The lowest BCUT2D eigenvalue weighted by Crippen LogP contribution is -2.37. The number of hydrogen-bond donors (Lipinski definition) is 0. The van der Waals surface area contributed by atoms with Gasteiger partial charge in [-0.2, -0.15) is 0 Å². The SMILES string of the molecule is CC(C)(C)C1CCC2(CCC(=O)O2)CC1. The summed E-state index contributed by atoms with van der Waals surface area (Å²) in [7, 11) is 0. The predicted octanol–water partition coefficient (Wildman–Crippen LogP) is 3.30. The Kier molecular flexibility index (Phi) is 2.56. The van der Waals surface area contributed by atoms with Gasteiger partial charge in [-0.25, -0.2) is 0 Å².